The van der Waals surface area contributed by atoms with Crippen LogP contribution in [0.3, 0.4) is 0 Å². The zero-order valence-electron chi connectivity index (χ0n) is 7.83. The molecule has 4 heterocycles. The first-order valence-corrected chi connectivity index (χ1v) is 4.75. The first-order valence-electron chi connectivity index (χ1n) is 4.75. The molecule has 0 aliphatic carbocycles. The normalized spacial score (nSPS) is 15.2. The van der Waals surface area contributed by atoms with Gasteiger partial charge < -0.3 is 9.13 Å². The second-order valence-corrected chi connectivity index (χ2v) is 3.62. The largest absolute Gasteiger partial charge is 0.315 e. The summed E-state index contributed by atoms with van der Waals surface area (Å²) < 4.78 is 4.17. The molecule has 4 rings (SSSR count). The lowest BCUT2D eigenvalue weighted by atomic mass is 10.4. The lowest BCUT2D eigenvalue weighted by Crippen LogP contribution is -2.32. The van der Waals surface area contributed by atoms with Crippen LogP contribution in [-0.2, 0) is 6.54 Å². The molecular weight excluding hydrogens is 190 g/mol. The fourth-order valence-electron chi connectivity index (χ4n) is 2.06. The lowest BCUT2D eigenvalue weighted by molar-refractivity contribution is 0.672. The molecule has 0 radical (unpaired) electrons. The molecule has 15 heavy (non-hydrogen) atoms. The topological polar surface area (TPSA) is 47.5 Å². The Labute approximate surface area is 84.7 Å². The number of imidazole rings is 1. The van der Waals surface area contributed by atoms with Crippen molar-refractivity contribution in [2.75, 3.05) is 0 Å². The van der Waals surface area contributed by atoms with Crippen LogP contribution < -0.4 is 10.8 Å². The smallest absolute Gasteiger partial charge is 0.161 e. The molecule has 0 atom stereocenters. The van der Waals surface area contributed by atoms with Gasteiger partial charge in [-0.1, -0.05) is 0 Å². The summed E-state index contributed by atoms with van der Waals surface area (Å²) in [4.78, 5) is 12.7. The van der Waals surface area contributed by atoms with Gasteiger partial charge in [-0.15, -0.1) is 0 Å². The maximum Gasteiger partial charge on any atom is 0.161 e. The summed E-state index contributed by atoms with van der Waals surface area (Å²) in [5, 5.41) is 1.13. The van der Waals surface area contributed by atoms with Crippen molar-refractivity contribution in [1.29, 1.82) is 0 Å². The monoisotopic (exact) mass is 197 g/mol. The number of hydrogen-bond donors (Lipinski definition) is 0. The molecule has 2 aliphatic rings. The van der Waals surface area contributed by atoms with Crippen molar-refractivity contribution in [3.05, 3.63) is 35.1 Å². The number of aliphatic imine (C=N–C) groups is 1. The molecule has 0 saturated carbocycles. The maximum absolute atomic E-state index is 4.29. The minimum Gasteiger partial charge on any atom is -0.315 e. The third-order valence-electron chi connectivity index (χ3n) is 2.78. The third kappa shape index (κ3) is 0.799. The number of hydrogen-bond acceptors (Lipinski definition) is 3. The van der Waals surface area contributed by atoms with E-state index in [1.165, 1.54) is 0 Å². The highest BCUT2D eigenvalue weighted by molar-refractivity contribution is 5.66. The van der Waals surface area contributed by atoms with E-state index in [0.717, 1.165) is 28.9 Å². The summed E-state index contributed by atoms with van der Waals surface area (Å²) in [7, 11) is 0. The summed E-state index contributed by atoms with van der Waals surface area (Å²) in [6, 6.07) is 2.05. The highest BCUT2D eigenvalue weighted by Crippen LogP contribution is 2.09. The van der Waals surface area contributed by atoms with Gasteiger partial charge in [-0.2, -0.15) is 0 Å². The van der Waals surface area contributed by atoms with Crippen molar-refractivity contribution >= 4 is 18.2 Å². The highest BCUT2D eigenvalue weighted by Gasteiger charge is 2.14. The molecule has 0 spiro atoms. The number of nitrogens with zero attached hydrogens (tertiary/aromatic N) is 5. The lowest BCUT2D eigenvalue weighted by Gasteiger charge is -2.10. The van der Waals surface area contributed by atoms with Crippen LogP contribution in [-0.4, -0.2) is 20.5 Å². The molecule has 0 saturated heterocycles. The van der Waals surface area contributed by atoms with Gasteiger partial charge in [0, 0.05) is 18.6 Å². The van der Waals surface area contributed by atoms with Gasteiger partial charge >= 0.3 is 0 Å². The first kappa shape index (κ1) is 7.17. The second kappa shape index (κ2) is 2.25. The van der Waals surface area contributed by atoms with Crippen molar-refractivity contribution in [2.45, 2.75) is 6.54 Å². The van der Waals surface area contributed by atoms with Gasteiger partial charge in [0.25, 0.3) is 0 Å². The van der Waals surface area contributed by atoms with Gasteiger partial charge in [0.1, 0.15) is 17.9 Å². The summed E-state index contributed by atoms with van der Waals surface area (Å²) in [6.45, 7) is 0.765. The van der Waals surface area contributed by atoms with E-state index in [1.807, 2.05) is 23.0 Å². The van der Waals surface area contributed by atoms with Gasteiger partial charge in [-0.25, -0.2) is 15.0 Å². The first-order chi connectivity index (χ1) is 7.42. The minimum atomic E-state index is 0.765. The van der Waals surface area contributed by atoms with Crippen LogP contribution in [0.2, 0.25) is 0 Å². The molecule has 2 aliphatic heterocycles. The summed E-state index contributed by atoms with van der Waals surface area (Å²) in [5.74, 6) is 1.03. The van der Waals surface area contributed by atoms with Crippen LogP contribution in [0, 0.1) is 0 Å². The molecule has 0 N–H and O–H groups in total. The van der Waals surface area contributed by atoms with E-state index in [1.54, 1.807) is 6.34 Å². The van der Waals surface area contributed by atoms with Crippen LogP contribution in [0.1, 0.15) is 5.82 Å². The fraction of sp³-hybridized carbons (Fsp3) is 0.100. The Kier molecular flexibility index (Phi) is 1.08. The van der Waals surface area contributed by atoms with Crippen molar-refractivity contribution < 1.29 is 0 Å². The van der Waals surface area contributed by atoms with Gasteiger partial charge in [-0.3, -0.25) is 0 Å². The van der Waals surface area contributed by atoms with E-state index in [9.17, 15) is 0 Å². The number of fused-ring (bicyclic) bond motifs is 4. The van der Waals surface area contributed by atoms with E-state index >= 15 is 0 Å². The molecule has 5 nitrogen and oxygen atoms in total. The maximum atomic E-state index is 4.29. The Morgan fingerprint density at radius 2 is 2.33 bits per heavy atom. The van der Waals surface area contributed by atoms with E-state index in [0.29, 0.717) is 0 Å². The van der Waals surface area contributed by atoms with Gasteiger partial charge in [-0.05, 0) is 6.07 Å². The fourth-order valence-corrected chi connectivity index (χ4v) is 2.06. The molecule has 0 fully saturated rings. The Bertz CT molecular complexity index is 701. The predicted octanol–water partition coefficient (Wildman–Crippen LogP) is -0.374. The SMILES string of the molecule is C1=Nc2cc3n(c2=N1)Cc1nccn1C=3. The van der Waals surface area contributed by atoms with Crippen LogP contribution >= 0.6 is 0 Å². The van der Waals surface area contributed by atoms with Gasteiger partial charge in [0.15, 0.2) is 5.49 Å². The van der Waals surface area contributed by atoms with E-state index in [4.69, 9.17) is 0 Å². The van der Waals surface area contributed by atoms with Gasteiger partial charge in [0.05, 0.1) is 11.9 Å². The van der Waals surface area contributed by atoms with Crippen LogP contribution in [0.25, 0.3) is 6.20 Å². The minimum absolute atomic E-state index is 0.765. The van der Waals surface area contributed by atoms with E-state index in [2.05, 4.69) is 25.7 Å². The Morgan fingerprint density at radius 3 is 3.33 bits per heavy atom. The molecule has 0 unspecified atom stereocenters. The molecule has 2 aromatic rings. The number of rotatable bonds is 0. The highest BCUT2D eigenvalue weighted by atomic mass is 15.2. The van der Waals surface area contributed by atoms with Crippen molar-refractivity contribution in [2.24, 2.45) is 9.98 Å². The zero-order chi connectivity index (χ0) is 9.83. The molecule has 72 valence electrons. The summed E-state index contributed by atoms with van der Waals surface area (Å²) in [5.41, 5.74) is 1.89. The van der Waals surface area contributed by atoms with Crippen LogP contribution in [0.15, 0.2) is 28.4 Å². The Hall–Kier alpha value is -2.17. The molecular formula is C10H7N5. The Balaban J connectivity index is 2.12. The molecule has 2 aromatic heterocycles. The van der Waals surface area contributed by atoms with Crippen molar-refractivity contribution in [3.63, 3.8) is 0 Å². The summed E-state index contributed by atoms with van der Waals surface area (Å²) >= 11 is 0. The van der Waals surface area contributed by atoms with Crippen molar-refractivity contribution in [1.82, 2.24) is 14.1 Å². The summed E-state index contributed by atoms with van der Waals surface area (Å²) in [6.07, 6.45) is 7.41. The zero-order valence-corrected chi connectivity index (χ0v) is 7.83. The second-order valence-electron chi connectivity index (χ2n) is 3.62. The molecule has 0 bridgehead atoms. The molecule has 0 amide bonds. The van der Waals surface area contributed by atoms with Gasteiger partial charge in [0.2, 0.25) is 0 Å². The Morgan fingerprint density at radius 1 is 1.33 bits per heavy atom. The molecule has 0 aromatic carbocycles. The van der Waals surface area contributed by atoms with Crippen LogP contribution in [0.5, 0.6) is 0 Å². The molecule has 5 heteroatoms. The quantitative estimate of drug-likeness (QED) is 0.485. The van der Waals surface area contributed by atoms with Crippen LogP contribution in [0.4, 0.5) is 5.69 Å². The average molecular weight is 197 g/mol. The predicted molar refractivity (Wildman–Crippen MR) is 54.6 cm³/mol. The van der Waals surface area contributed by atoms with E-state index in [-0.39, 0.29) is 0 Å². The standard InChI is InChI=1S/C10H7N5/c1-2-14-4-7-3-8-10(13-6-12-8)15(7)5-9(14)11-1/h1-4,6H,5H2. The van der Waals surface area contributed by atoms with E-state index < -0.39 is 0 Å². The van der Waals surface area contributed by atoms with Crippen molar-refractivity contribution in [3.8, 4) is 0 Å². The average Bonchev–Trinajstić information content (AvgIpc) is 2.86. The number of aromatic nitrogens is 3. The third-order valence-corrected chi connectivity index (χ3v) is 2.78.